The molecular formula is C87H134O17P2. The van der Waals surface area contributed by atoms with Gasteiger partial charge in [0.1, 0.15) is 19.3 Å². The first-order valence-electron chi connectivity index (χ1n) is 39.0. The number of allylic oxidation sites excluding steroid dienone is 35. The van der Waals surface area contributed by atoms with Crippen molar-refractivity contribution in [3.8, 4) is 0 Å². The molecule has 0 spiro atoms. The third kappa shape index (κ3) is 75.6. The summed E-state index contributed by atoms with van der Waals surface area (Å²) >= 11 is 0. The minimum absolute atomic E-state index is 0.000000772. The van der Waals surface area contributed by atoms with E-state index in [9.17, 15) is 43.2 Å². The van der Waals surface area contributed by atoms with E-state index in [-0.39, 0.29) is 25.7 Å². The van der Waals surface area contributed by atoms with Gasteiger partial charge in [-0.1, -0.05) is 272 Å². The Hall–Kier alpha value is -6.62. The van der Waals surface area contributed by atoms with Crippen LogP contribution in [0.15, 0.2) is 219 Å². The first-order chi connectivity index (χ1) is 51.7. The van der Waals surface area contributed by atoms with Crippen LogP contribution in [-0.2, 0) is 65.4 Å². The fourth-order valence-corrected chi connectivity index (χ4v) is 10.8. The lowest BCUT2D eigenvalue weighted by Crippen LogP contribution is -2.30. The van der Waals surface area contributed by atoms with E-state index < -0.39 is 97.5 Å². The van der Waals surface area contributed by atoms with E-state index in [1.165, 1.54) is 0 Å². The summed E-state index contributed by atoms with van der Waals surface area (Å²) in [4.78, 5) is 72.9. The van der Waals surface area contributed by atoms with Gasteiger partial charge < -0.3 is 33.8 Å². The predicted molar refractivity (Wildman–Crippen MR) is 435 cm³/mol. The number of aliphatic hydroxyl groups excluding tert-OH is 1. The summed E-state index contributed by atoms with van der Waals surface area (Å²) in [5.74, 6) is -2.49. The highest BCUT2D eigenvalue weighted by Gasteiger charge is 2.30. The zero-order valence-corrected chi connectivity index (χ0v) is 66.5. The molecule has 0 radical (unpaired) electrons. The Morgan fingerprint density at radius 3 is 0.849 bits per heavy atom. The van der Waals surface area contributed by atoms with Crippen molar-refractivity contribution in [3.63, 3.8) is 0 Å². The number of hydrogen-bond donors (Lipinski definition) is 3. The molecule has 0 aliphatic rings. The largest absolute Gasteiger partial charge is 0.472 e. The zero-order valence-electron chi connectivity index (χ0n) is 64.8. The Balaban J connectivity index is 5.56. The van der Waals surface area contributed by atoms with Crippen molar-refractivity contribution in [1.29, 1.82) is 0 Å². The van der Waals surface area contributed by atoms with Gasteiger partial charge in [-0.3, -0.25) is 37.3 Å². The molecule has 0 fully saturated rings. The molecule has 17 nitrogen and oxygen atoms in total. The van der Waals surface area contributed by atoms with E-state index in [1.54, 1.807) is 6.08 Å². The third-order valence-electron chi connectivity index (χ3n) is 15.0. The molecule has 19 heteroatoms. The Kier molecular flexibility index (Phi) is 71.8. The van der Waals surface area contributed by atoms with Crippen LogP contribution in [0.1, 0.15) is 246 Å². The Labute approximate surface area is 639 Å². The first-order valence-corrected chi connectivity index (χ1v) is 42.0. The maximum Gasteiger partial charge on any atom is 0.472 e. The van der Waals surface area contributed by atoms with Crippen LogP contribution in [0, 0.1) is 0 Å². The molecule has 0 saturated heterocycles. The topological polar surface area (TPSA) is 237 Å². The zero-order chi connectivity index (χ0) is 77.4. The van der Waals surface area contributed by atoms with E-state index >= 15 is 0 Å². The van der Waals surface area contributed by atoms with Crippen molar-refractivity contribution in [2.75, 3.05) is 39.6 Å². The maximum absolute atomic E-state index is 13.1. The van der Waals surface area contributed by atoms with Crippen LogP contribution in [0.4, 0.5) is 0 Å². The summed E-state index contributed by atoms with van der Waals surface area (Å²) in [6.07, 6.45) is 96.8. The summed E-state index contributed by atoms with van der Waals surface area (Å²) in [5.41, 5.74) is 0. The number of aliphatic hydroxyl groups is 1. The van der Waals surface area contributed by atoms with Gasteiger partial charge in [-0.05, 0) is 167 Å². The highest BCUT2D eigenvalue weighted by Crippen LogP contribution is 2.45. The van der Waals surface area contributed by atoms with Gasteiger partial charge in [-0.25, -0.2) is 9.13 Å². The van der Waals surface area contributed by atoms with E-state index in [0.29, 0.717) is 38.5 Å². The number of carbonyl (C=O) groups is 4. The first kappa shape index (κ1) is 99.4. The number of carbonyl (C=O) groups excluding carboxylic acids is 4. The van der Waals surface area contributed by atoms with Crippen molar-refractivity contribution < 1.29 is 80.2 Å². The van der Waals surface area contributed by atoms with E-state index in [4.69, 9.17) is 37.0 Å². The van der Waals surface area contributed by atoms with E-state index in [1.807, 2.05) is 36.5 Å². The molecule has 0 bridgehead atoms. The molecule has 0 heterocycles. The average molecular weight is 1510 g/mol. The normalized spacial score (nSPS) is 15.0. The third-order valence-corrected chi connectivity index (χ3v) is 16.9. The maximum atomic E-state index is 13.1. The van der Waals surface area contributed by atoms with Crippen molar-refractivity contribution in [2.24, 2.45) is 0 Å². The summed E-state index contributed by atoms with van der Waals surface area (Å²) in [6, 6.07) is 0. The number of ether oxygens (including phenoxy) is 4. The average Bonchev–Trinajstić information content (AvgIpc) is 0.907. The molecule has 0 aromatic heterocycles. The minimum Gasteiger partial charge on any atom is -0.462 e. The molecule has 0 aromatic rings. The number of rotatable bonds is 70. The van der Waals surface area contributed by atoms with E-state index in [0.717, 1.165) is 154 Å². The Morgan fingerprint density at radius 2 is 0.509 bits per heavy atom. The molecule has 5 unspecified atom stereocenters. The van der Waals surface area contributed by atoms with Gasteiger partial charge in [-0.2, -0.15) is 0 Å². The second-order valence-electron chi connectivity index (χ2n) is 24.8. The standard InChI is InChI=1S/C87H134O17P2/c1-5-9-13-17-21-25-29-33-37-39-40-42-45-48-52-56-60-64-68-72-85(90)98-78-83(104-87(92)74-70-66-62-58-54-50-46-41-38-34-30-26-22-18-14-10-6-2)80-102-106(95,96)100-76-81(88)75-99-105(93,94)101-79-82(103-86(91)73-69-65-61-57-53-49-44-36-32-28-24-20-16-12-8-4)77-97-84(89)71-67-63-59-55-51-47-43-35-31-27-23-19-15-11-7-3/h9-16,21-28,33-38,40,42-44,46,50-51,53,55,57-58,62-63,67,81-83,88H,5-8,17-20,29-32,39,41,45,47-49,52,54,56,59-61,64-66,68-80H2,1-4H3,(H,93,94)(H,95,96)/b13-9-,14-10-,15-11-,16-12-,25-21-,26-22-,27-23-,28-24-,37-33-,38-34-,42-40-,43-35-,44-36-,50-46-,55-51-,57-53-,62-58-,67-63-. The molecule has 0 rings (SSSR count). The second kappa shape index (κ2) is 76.6. The number of esters is 4. The molecule has 594 valence electrons. The molecular weight excluding hydrogens is 1380 g/mol. The fraction of sp³-hybridized carbons (Fsp3) is 0.540. The molecule has 0 aliphatic heterocycles. The number of phosphoric ester groups is 2. The number of hydrogen-bond acceptors (Lipinski definition) is 15. The number of unbranched alkanes of at least 4 members (excludes halogenated alkanes) is 9. The van der Waals surface area contributed by atoms with E-state index in [2.05, 4.69) is 204 Å². The van der Waals surface area contributed by atoms with Crippen molar-refractivity contribution >= 4 is 39.5 Å². The summed E-state index contributed by atoms with van der Waals surface area (Å²) < 4.78 is 68.3. The lowest BCUT2D eigenvalue weighted by molar-refractivity contribution is -0.161. The van der Waals surface area contributed by atoms with Crippen LogP contribution < -0.4 is 0 Å². The van der Waals surface area contributed by atoms with Crippen LogP contribution in [0.2, 0.25) is 0 Å². The molecule has 0 aliphatic carbocycles. The lowest BCUT2D eigenvalue weighted by atomic mass is 10.1. The quantitative estimate of drug-likeness (QED) is 0.0169. The van der Waals surface area contributed by atoms with Crippen LogP contribution >= 0.6 is 15.6 Å². The Bertz CT molecular complexity index is 2880. The molecule has 0 amide bonds. The highest BCUT2D eigenvalue weighted by molar-refractivity contribution is 7.47. The molecule has 0 aromatic carbocycles. The van der Waals surface area contributed by atoms with Crippen LogP contribution in [0.25, 0.3) is 0 Å². The van der Waals surface area contributed by atoms with Crippen molar-refractivity contribution in [1.82, 2.24) is 0 Å². The van der Waals surface area contributed by atoms with Crippen molar-refractivity contribution in [3.05, 3.63) is 219 Å². The molecule has 3 N–H and O–H groups in total. The summed E-state index contributed by atoms with van der Waals surface area (Å²) in [7, 11) is -10.0. The fourth-order valence-electron chi connectivity index (χ4n) is 9.19. The molecule has 5 atom stereocenters. The van der Waals surface area contributed by atoms with Gasteiger partial charge in [0.2, 0.25) is 0 Å². The Morgan fingerprint density at radius 1 is 0.274 bits per heavy atom. The molecule has 0 saturated carbocycles. The minimum atomic E-state index is -5.03. The second-order valence-corrected chi connectivity index (χ2v) is 27.7. The highest BCUT2D eigenvalue weighted by atomic mass is 31.2. The SMILES string of the molecule is CC/C=C\C/C=C\C/C=C\C/C=C\C/C=C\CCCC(=O)OC(COC(=O)CCCCCCCC/C=C\C/C=C\C/C=C\C/C=C\CC)COP(=O)(O)OCC(O)COP(=O)(O)OCC(COC(=O)C/C=C\C/C=C\C/C=C\C/C=C\C/C=C\CC)OC(=O)CCCC/C=C\C/C=C\C/C=C\C/C=C\CC. The monoisotopic (exact) mass is 1510 g/mol. The van der Waals surface area contributed by atoms with Gasteiger partial charge in [0, 0.05) is 19.3 Å². The van der Waals surface area contributed by atoms with Gasteiger partial charge in [-0.15, -0.1) is 0 Å². The van der Waals surface area contributed by atoms with Crippen LogP contribution in [0.5, 0.6) is 0 Å². The van der Waals surface area contributed by atoms with Gasteiger partial charge in [0.05, 0.1) is 32.8 Å². The summed E-state index contributed by atoms with van der Waals surface area (Å²) in [5, 5.41) is 10.6. The van der Waals surface area contributed by atoms with Crippen molar-refractivity contribution in [2.45, 2.75) is 264 Å². The van der Waals surface area contributed by atoms with Gasteiger partial charge in [0.25, 0.3) is 0 Å². The smallest absolute Gasteiger partial charge is 0.462 e. The predicted octanol–water partition coefficient (Wildman–Crippen LogP) is 22.9. The lowest BCUT2D eigenvalue weighted by Gasteiger charge is -2.21. The molecule has 106 heavy (non-hydrogen) atoms. The van der Waals surface area contributed by atoms with Crippen LogP contribution in [0.3, 0.4) is 0 Å². The van der Waals surface area contributed by atoms with Gasteiger partial charge in [0.15, 0.2) is 12.2 Å². The van der Waals surface area contributed by atoms with Gasteiger partial charge >= 0.3 is 39.5 Å². The summed E-state index contributed by atoms with van der Waals surface area (Å²) in [6.45, 7) is 4.12. The van der Waals surface area contributed by atoms with Crippen LogP contribution in [-0.4, -0.2) is 96.7 Å². The number of phosphoric acid groups is 2.